The summed E-state index contributed by atoms with van der Waals surface area (Å²) in [6.07, 6.45) is 1.49. The fraction of sp³-hybridized carbons (Fsp3) is 0.316. The zero-order valence-electron chi connectivity index (χ0n) is 15.0. The number of benzene rings is 2. The molecule has 0 bridgehead atoms. The highest BCUT2D eigenvalue weighted by molar-refractivity contribution is 7.92. The molecule has 2 aromatic carbocycles. The predicted octanol–water partition coefficient (Wildman–Crippen LogP) is 3.49. The molecule has 0 saturated heterocycles. The largest absolute Gasteiger partial charge is 0.324 e. The molecule has 1 unspecified atom stereocenters. The summed E-state index contributed by atoms with van der Waals surface area (Å²) in [6.45, 7) is 5.68. The quantitative estimate of drug-likeness (QED) is 0.857. The second kappa shape index (κ2) is 7.70. The molecule has 25 heavy (non-hydrogen) atoms. The smallest absolute Gasteiger partial charge is 0.248 e. The number of hydrogen-bond donors (Lipinski definition) is 1. The van der Waals surface area contributed by atoms with Crippen molar-refractivity contribution in [3.63, 3.8) is 0 Å². The first kappa shape index (κ1) is 19.0. The van der Waals surface area contributed by atoms with Crippen LogP contribution in [0.1, 0.15) is 24.5 Å². The van der Waals surface area contributed by atoms with E-state index in [1.54, 1.807) is 31.2 Å². The van der Waals surface area contributed by atoms with Crippen LogP contribution in [0, 0.1) is 13.8 Å². The molecule has 0 aliphatic heterocycles. The summed E-state index contributed by atoms with van der Waals surface area (Å²) in [4.78, 5) is 12.7. The summed E-state index contributed by atoms with van der Waals surface area (Å²) in [5.41, 5.74) is 3.18. The molecule has 0 fully saturated rings. The van der Waals surface area contributed by atoms with Gasteiger partial charge in [-0.3, -0.25) is 9.10 Å². The molecular formula is C19H24N2O3S. The van der Waals surface area contributed by atoms with Crippen molar-refractivity contribution < 1.29 is 13.2 Å². The molecule has 0 radical (unpaired) electrons. The van der Waals surface area contributed by atoms with Gasteiger partial charge in [0.2, 0.25) is 15.9 Å². The van der Waals surface area contributed by atoms with Crippen molar-refractivity contribution in [3.05, 3.63) is 59.7 Å². The predicted molar refractivity (Wildman–Crippen MR) is 102 cm³/mol. The molecule has 0 aliphatic rings. The third kappa shape index (κ3) is 4.60. The van der Waals surface area contributed by atoms with Crippen LogP contribution in [0.2, 0.25) is 0 Å². The summed E-state index contributed by atoms with van der Waals surface area (Å²) >= 11 is 0. The molecular weight excluding hydrogens is 336 g/mol. The first-order valence-corrected chi connectivity index (χ1v) is 10.0. The van der Waals surface area contributed by atoms with Crippen LogP contribution >= 0.6 is 0 Å². The molecule has 1 atom stereocenters. The highest BCUT2D eigenvalue weighted by Crippen LogP contribution is 2.25. The number of anilines is 2. The molecule has 0 aromatic heterocycles. The lowest BCUT2D eigenvalue weighted by atomic mass is 10.1. The number of amides is 1. The van der Waals surface area contributed by atoms with Crippen LogP contribution in [0.4, 0.5) is 11.4 Å². The van der Waals surface area contributed by atoms with Gasteiger partial charge in [-0.2, -0.15) is 0 Å². The van der Waals surface area contributed by atoms with Gasteiger partial charge in [-0.05, 0) is 55.7 Å². The van der Waals surface area contributed by atoms with Crippen molar-refractivity contribution >= 4 is 27.3 Å². The molecule has 2 rings (SSSR count). The summed E-state index contributed by atoms with van der Waals surface area (Å²) in [5, 5.41) is 2.80. The minimum Gasteiger partial charge on any atom is -0.324 e. The Morgan fingerprint density at radius 1 is 1.08 bits per heavy atom. The average Bonchev–Trinajstić information content (AvgIpc) is 2.55. The SMILES string of the molecule is CCC(C(=O)Nc1ccccc1)N(c1ccc(C)c(C)c1)S(C)(=O)=O. The molecule has 0 spiro atoms. The molecule has 0 saturated carbocycles. The van der Waals surface area contributed by atoms with E-state index >= 15 is 0 Å². The Morgan fingerprint density at radius 2 is 1.72 bits per heavy atom. The molecule has 134 valence electrons. The van der Waals surface area contributed by atoms with E-state index in [4.69, 9.17) is 0 Å². The van der Waals surface area contributed by atoms with E-state index in [0.717, 1.165) is 17.4 Å². The number of para-hydroxylation sites is 1. The topological polar surface area (TPSA) is 66.5 Å². The van der Waals surface area contributed by atoms with Crippen LogP contribution in [0.5, 0.6) is 0 Å². The third-order valence-electron chi connectivity index (χ3n) is 4.12. The number of sulfonamides is 1. The third-order valence-corrected chi connectivity index (χ3v) is 5.30. The van der Waals surface area contributed by atoms with E-state index in [1.807, 2.05) is 38.1 Å². The highest BCUT2D eigenvalue weighted by atomic mass is 32.2. The van der Waals surface area contributed by atoms with E-state index in [0.29, 0.717) is 17.8 Å². The van der Waals surface area contributed by atoms with Gasteiger partial charge in [-0.1, -0.05) is 31.2 Å². The van der Waals surface area contributed by atoms with Gasteiger partial charge in [-0.15, -0.1) is 0 Å². The summed E-state index contributed by atoms with van der Waals surface area (Å²) in [5.74, 6) is -0.350. The number of carbonyl (C=O) groups excluding carboxylic acids is 1. The van der Waals surface area contributed by atoms with E-state index < -0.39 is 16.1 Å². The minimum atomic E-state index is -3.62. The van der Waals surface area contributed by atoms with Crippen LogP contribution in [0.15, 0.2) is 48.5 Å². The fourth-order valence-corrected chi connectivity index (χ4v) is 3.87. The van der Waals surface area contributed by atoms with E-state index in [-0.39, 0.29) is 5.91 Å². The van der Waals surface area contributed by atoms with Crippen LogP contribution in [-0.4, -0.2) is 26.6 Å². The van der Waals surface area contributed by atoms with Gasteiger partial charge in [0.25, 0.3) is 0 Å². The zero-order valence-corrected chi connectivity index (χ0v) is 15.8. The number of nitrogens with zero attached hydrogens (tertiary/aromatic N) is 1. The molecule has 5 nitrogen and oxygen atoms in total. The van der Waals surface area contributed by atoms with Crippen LogP contribution < -0.4 is 9.62 Å². The van der Waals surface area contributed by atoms with Crippen molar-refractivity contribution in [2.24, 2.45) is 0 Å². The normalized spacial score (nSPS) is 12.5. The van der Waals surface area contributed by atoms with Gasteiger partial charge in [0.05, 0.1) is 11.9 Å². The number of rotatable bonds is 6. The Balaban J connectivity index is 2.40. The van der Waals surface area contributed by atoms with Crippen LogP contribution in [0.25, 0.3) is 0 Å². The van der Waals surface area contributed by atoms with E-state index in [2.05, 4.69) is 5.32 Å². The van der Waals surface area contributed by atoms with Gasteiger partial charge in [0.15, 0.2) is 0 Å². The first-order valence-electron chi connectivity index (χ1n) is 8.16. The Kier molecular flexibility index (Phi) is 5.85. The lowest BCUT2D eigenvalue weighted by Crippen LogP contribution is -2.47. The Hall–Kier alpha value is -2.34. The first-order chi connectivity index (χ1) is 11.7. The average molecular weight is 360 g/mol. The van der Waals surface area contributed by atoms with Crippen LogP contribution in [0.3, 0.4) is 0 Å². The summed E-state index contributed by atoms with van der Waals surface area (Å²) in [7, 11) is -3.62. The highest BCUT2D eigenvalue weighted by Gasteiger charge is 2.31. The van der Waals surface area contributed by atoms with Gasteiger partial charge in [0.1, 0.15) is 6.04 Å². The van der Waals surface area contributed by atoms with Crippen molar-refractivity contribution in [3.8, 4) is 0 Å². The molecule has 6 heteroatoms. The fourth-order valence-electron chi connectivity index (χ4n) is 2.67. The van der Waals surface area contributed by atoms with Gasteiger partial charge >= 0.3 is 0 Å². The van der Waals surface area contributed by atoms with Crippen molar-refractivity contribution in [2.75, 3.05) is 15.9 Å². The van der Waals surface area contributed by atoms with Crippen molar-refractivity contribution in [1.29, 1.82) is 0 Å². The maximum Gasteiger partial charge on any atom is 0.248 e. The van der Waals surface area contributed by atoms with E-state index in [1.165, 1.54) is 4.31 Å². The Morgan fingerprint density at radius 3 is 2.24 bits per heavy atom. The maximum absolute atomic E-state index is 12.7. The Bertz CT molecular complexity index is 848. The maximum atomic E-state index is 12.7. The molecule has 1 amide bonds. The molecule has 1 N–H and O–H groups in total. The van der Waals surface area contributed by atoms with Gasteiger partial charge < -0.3 is 5.32 Å². The lowest BCUT2D eigenvalue weighted by Gasteiger charge is -2.30. The molecule has 0 heterocycles. The number of nitrogens with one attached hydrogen (secondary N) is 1. The molecule has 2 aromatic rings. The summed E-state index contributed by atoms with van der Waals surface area (Å²) in [6, 6.07) is 13.6. The van der Waals surface area contributed by atoms with Gasteiger partial charge in [-0.25, -0.2) is 8.42 Å². The second-order valence-electron chi connectivity index (χ2n) is 6.11. The lowest BCUT2D eigenvalue weighted by molar-refractivity contribution is -0.117. The second-order valence-corrected chi connectivity index (χ2v) is 7.97. The zero-order chi connectivity index (χ0) is 18.6. The Labute approximate surface area is 149 Å². The minimum absolute atomic E-state index is 0.350. The monoisotopic (exact) mass is 360 g/mol. The number of aryl methyl sites for hydroxylation is 2. The standard InChI is InChI=1S/C19H24N2O3S/c1-5-18(19(22)20-16-9-7-6-8-10-16)21(25(4,23)24)17-12-11-14(2)15(3)13-17/h6-13,18H,5H2,1-4H3,(H,20,22). The van der Waals surface area contributed by atoms with Crippen LogP contribution in [-0.2, 0) is 14.8 Å². The van der Waals surface area contributed by atoms with Crippen molar-refractivity contribution in [2.45, 2.75) is 33.2 Å². The molecule has 0 aliphatic carbocycles. The van der Waals surface area contributed by atoms with Crippen molar-refractivity contribution in [1.82, 2.24) is 0 Å². The number of carbonyl (C=O) groups is 1. The van der Waals surface area contributed by atoms with Gasteiger partial charge in [0, 0.05) is 5.69 Å². The number of hydrogen-bond acceptors (Lipinski definition) is 3. The summed E-state index contributed by atoms with van der Waals surface area (Å²) < 4.78 is 26.1. The van der Waals surface area contributed by atoms with E-state index in [9.17, 15) is 13.2 Å².